The molecule has 1 aliphatic rings. The minimum atomic E-state index is -0.237. The SMILES string of the molecule is CCc1nc(C)cc(Nc2cc(C(C)C)c(C(=O)NC)nn2)n1.CNC(=O)c1nnc(Nc2cc(C)nc(CCN3CCCC3)n2)cc1C(C)C.[HH].[HH].[HH].[HH]. The zero-order chi connectivity index (χ0) is 37.1. The largest absolute Gasteiger partial charge is 0.354 e. The van der Waals surface area contributed by atoms with E-state index in [4.69, 9.17) is 0 Å². The Kier molecular flexibility index (Phi) is 13.8. The Bertz CT molecular complexity index is 1830. The van der Waals surface area contributed by atoms with E-state index in [1.807, 2.05) is 72.7 Å². The zero-order valence-electron chi connectivity index (χ0n) is 31.3. The molecular formula is C36H59N13O2. The van der Waals surface area contributed by atoms with Crippen LogP contribution in [0.1, 0.15) is 120 Å². The predicted octanol–water partition coefficient (Wildman–Crippen LogP) is 5.79. The maximum absolute atomic E-state index is 12.0. The Morgan fingerprint density at radius 1 is 0.686 bits per heavy atom. The summed E-state index contributed by atoms with van der Waals surface area (Å²) in [5.41, 5.74) is 4.18. The highest BCUT2D eigenvalue weighted by Crippen LogP contribution is 2.24. The van der Waals surface area contributed by atoms with Crippen LogP contribution in [0.15, 0.2) is 24.3 Å². The number of hydrogen-bond donors (Lipinski definition) is 4. The van der Waals surface area contributed by atoms with E-state index >= 15 is 0 Å². The van der Waals surface area contributed by atoms with E-state index in [1.165, 1.54) is 25.9 Å². The molecule has 0 radical (unpaired) electrons. The van der Waals surface area contributed by atoms with E-state index < -0.39 is 0 Å². The molecule has 15 nitrogen and oxygen atoms in total. The predicted molar refractivity (Wildman–Crippen MR) is 206 cm³/mol. The second kappa shape index (κ2) is 18.2. The monoisotopic (exact) mass is 705 g/mol. The van der Waals surface area contributed by atoms with E-state index in [1.54, 1.807) is 14.1 Å². The third kappa shape index (κ3) is 10.9. The fourth-order valence-corrected chi connectivity index (χ4v) is 5.59. The molecule has 1 aliphatic heterocycles. The lowest BCUT2D eigenvalue weighted by atomic mass is 10.0. The summed E-state index contributed by atoms with van der Waals surface area (Å²) in [5, 5.41) is 28.0. The Labute approximate surface area is 306 Å². The van der Waals surface area contributed by atoms with Crippen LogP contribution in [0.25, 0.3) is 0 Å². The number of hydrogen-bond acceptors (Lipinski definition) is 13. The first-order valence-electron chi connectivity index (χ1n) is 17.6. The average molecular weight is 706 g/mol. The van der Waals surface area contributed by atoms with Crippen molar-refractivity contribution < 1.29 is 15.3 Å². The van der Waals surface area contributed by atoms with Crippen molar-refractivity contribution in [2.45, 2.75) is 86.0 Å². The van der Waals surface area contributed by atoms with Crippen LogP contribution in [-0.2, 0) is 12.8 Å². The zero-order valence-corrected chi connectivity index (χ0v) is 31.3. The molecule has 0 aromatic carbocycles. The van der Waals surface area contributed by atoms with Gasteiger partial charge in [-0.05, 0) is 74.9 Å². The minimum absolute atomic E-state index is 0. The van der Waals surface area contributed by atoms with Crippen LogP contribution in [0.4, 0.5) is 23.3 Å². The lowest BCUT2D eigenvalue weighted by Crippen LogP contribution is -2.23. The number of anilines is 4. The number of carbonyl (C=O) groups excluding carboxylic acids is 2. The molecule has 2 amide bonds. The number of likely N-dealkylation sites (tertiary alicyclic amines) is 1. The second-order valence-corrected chi connectivity index (χ2v) is 13.1. The smallest absolute Gasteiger partial charge is 0.271 e. The number of nitrogens with zero attached hydrogens (tertiary/aromatic N) is 9. The third-order valence-corrected chi connectivity index (χ3v) is 8.25. The summed E-state index contributed by atoms with van der Waals surface area (Å²) in [6.07, 6.45) is 4.15. The first-order valence-corrected chi connectivity index (χ1v) is 17.6. The molecule has 0 unspecified atom stereocenters. The number of aryl methyl sites for hydroxylation is 3. The van der Waals surface area contributed by atoms with Crippen molar-refractivity contribution in [1.29, 1.82) is 0 Å². The summed E-state index contributed by atoms with van der Waals surface area (Å²) < 4.78 is 0. The van der Waals surface area contributed by atoms with Crippen molar-refractivity contribution in [3.05, 3.63) is 69.8 Å². The molecular weight excluding hydrogens is 646 g/mol. The van der Waals surface area contributed by atoms with Gasteiger partial charge in [-0.25, -0.2) is 19.9 Å². The van der Waals surface area contributed by atoms with Crippen molar-refractivity contribution in [2.75, 3.05) is 44.4 Å². The molecule has 4 aromatic heterocycles. The molecule has 0 spiro atoms. The van der Waals surface area contributed by atoms with Crippen LogP contribution in [0.2, 0.25) is 0 Å². The van der Waals surface area contributed by atoms with Gasteiger partial charge in [-0.1, -0.05) is 34.6 Å². The molecule has 1 fully saturated rings. The fraction of sp³-hybridized carbons (Fsp3) is 0.500. The quantitative estimate of drug-likeness (QED) is 0.139. The van der Waals surface area contributed by atoms with Gasteiger partial charge in [0.05, 0.1) is 0 Å². The van der Waals surface area contributed by atoms with Crippen molar-refractivity contribution in [2.24, 2.45) is 0 Å². The summed E-state index contributed by atoms with van der Waals surface area (Å²) in [5.74, 6) is 3.92. The summed E-state index contributed by atoms with van der Waals surface area (Å²) >= 11 is 0. The molecule has 4 aromatic rings. The first kappa shape index (κ1) is 38.6. The van der Waals surface area contributed by atoms with Gasteiger partial charge < -0.3 is 26.2 Å². The van der Waals surface area contributed by atoms with Gasteiger partial charge in [0.25, 0.3) is 11.8 Å². The molecule has 0 saturated carbocycles. The Balaban J connectivity index is 0.00000100. The van der Waals surface area contributed by atoms with E-state index in [0.29, 0.717) is 34.7 Å². The van der Waals surface area contributed by atoms with Gasteiger partial charge in [0.1, 0.15) is 23.3 Å². The number of amides is 2. The van der Waals surface area contributed by atoms with E-state index in [-0.39, 0.29) is 29.4 Å². The number of aromatic nitrogens is 8. The molecule has 0 aliphatic carbocycles. The molecule has 4 N–H and O–H groups in total. The Morgan fingerprint density at radius 2 is 1.14 bits per heavy atom. The molecule has 15 heteroatoms. The lowest BCUT2D eigenvalue weighted by Gasteiger charge is -2.15. The minimum Gasteiger partial charge on any atom is -0.354 e. The van der Waals surface area contributed by atoms with Gasteiger partial charge in [0.15, 0.2) is 23.0 Å². The van der Waals surface area contributed by atoms with Crippen molar-refractivity contribution in [3.8, 4) is 0 Å². The normalized spacial score (nSPS) is 12.8. The van der Waals surface area contributed by atoms with Gasteiger partial charge in [-0.2, -0.15) is 0 Å². The van der Waals surface area contributed by atoms with E-state index in [2.05, 4.69) is 66.5 Å². The highest BCUT2D eigenvalue weighted by atomic mass is 16.2. The molecule has 5 rings (SSSR count). The van der Waals surface area contributed by atoms with Gasteiger partial charge in [0, 0.05) is 62.7 Å². The molecule has 1 saturated heterocycles. The first-order chi connectivity index (χ1) is 24.4. The molecule has 0 bridgehead atoms. The fourth-order valence-electron chi connectivity index (χ4n) is 5.59. The summed E-state index contributed by atoms with van der Waals surface area (Å²) in [6, 6.07) is 7.44. The van der Waals surface area contributed by atoms with Crippen LogP contribution in [0.3, 0.4) is 0 Å². The van der Waals surface area contributed by atoms with Crippen molar-refractivity contribution >= 4 is 35.1 Å². The van der Waals surface area contributed by atoms with Crippen LogP contribution in [0.5, 0.6) is 0 Å². The number of nitrogens with one attached hydrogen (secondary N) is 4. The van der Waals surface area contributed by atoms with Crippen LogP contribution < -0.4 is 21.3 Å². The molecule has 51 heavy (non-hydrogen) atoms. The third-order valence-electron chi connectivity index (χ3n) is 8.25. The summed E-state index contributed by atoms with van der Waals surface area (Å²) in [7, 11) is 3.17. The summed E-state index contributed by atoms with van der Waals surface area (Å²) in [4.78, 5) is 44.3. The highest BCUT2D eigenvalue weighted by molar-refractivity contribution is 5.94. The van der Waals surface area contributed by atoms with Gasteiger partial charge in [-0.3, -0.25) is 9.59 Å². The Hall–Kier alpha value is -5.18. The topological polar surface area (TPSA) is 189 Å². The van der Waals surface area contributed by atoms with Crippen molar-refractivity contribution in [3.63, 3.8) is 0 Å². The van der Waals surface area contributed by atoms with E-state index in [9.17, 15) is 9.59 Å². The van der Waals surface area contributed by atoms with Gasteiger partial charge in [-0.15, -0.1) is 20.4 Å². The highest BCUT2D eigenvalue weighted by Gasteiger charge is 2.19. The van der Waals surface area contributed by atoms with Crippen LogP contribution in [0, 0.1) is 13.8 Å². The number of rotatable bonds is 12. The lowest BCUT2D eigenvalue weighted by molar-refractivity contribution is 0.0947. The van der Waals surface area contributed by atoms with Gasteiger partial charge in [0.2, 0.25) is 0 Å². The molecule has 5 heterocycles. The maximum atomic E-state index is 12.0. The maximum Gasteiger partial charge on any atom is 0.271 e. The van der Waals surface area contributed by atoms with Crippen LogP contribution >= 0.6 is 0 Å². The molecule has 0 atom stereocenters. The van der Waals surface area contributed by atoms with Crippen LogP contribution in [-0.4, -0.2) is 90.8 Å². The van der Waals surface area contributed by atoms with E-state index in [0.717, 1.165) is 53.5 Å². The molecule has 280 valence electrons. The number of carbonyl (C=O) groups is 2. The standard InChI is InChI=1S/C20H29N7O.C16H22N6O.4H2/c1-13(2)15-12-18(25-26-19(15)20(28)21-4)24-17-11-14(3)22-16(23-17)7-10-27-8-5-6-9-27;1-6-12-18-10(4)7-13(19-12)20-14-8-11(9(2)3)15(22-21-14)16(23)17-5;;;;/h11-13H,5-10H2,1-4H3,(H,21,28)(H,22,23,24,25);7-9H,6H2,1-5H3,(H,17,23)(H,18,19,20,21);4*1H. The van der Waals surface area contributed by atoms with Crippen molar-refractivity contribution in [1.82, 2.24) is 55.9 Å². The summed E-state index contributed by atoms with van der Waals surface area (Å²) in [6.45, 7) is 17.3. The average Bonchev–Trinajstić information content (AvgIpc) is 3.63. The Morgan fingerprint density at radius 3 is 1.57 bits per heavy atom. The van der Waals surface area contributed by atoms with Gasteiger partial charge >= 0.3 is 0 Å². The second-order valence-electron chi connectivity index (χ2n) is 13.1.